The first kappa shape index (κ1) is 15.1. The third-order valence-electron chi connectivity index (χ3n) is 4.84. The highest BCUT2D eigenvalue weighted by atomic mass is 16.5. The van der Waals surface area contributed by atoms with Crippen LogP contribution in [0.25, 0.3) is 10.9 Å². The molecule has 0 spiro atoms. The first-order valence-electron chi connectivity index (χ1n) is 8.30. The lowest BCUT2D eigenvalue weighted by Crippen LogP contribution is -2.30. The standard InChI is InChI=1S/C20H22N2O2/c1-23-15-7-8-20(24-2)14(11-15)12-22-10-9-17-16-5-3-4-6-18(16)21-19(17)13-22/h3-8,11,21H,9-10,12-13H2,1-2H3. The van der Waals surface area contributed by atoms with Gasteiger partial charge in [0.15, 0.2) is 0 Å². The van der Waals surface area contributed by atoms with Crippen molar-refractivity contribution in [1.29, 1.82) is 0 Å². The zero-order valence-corrected chi connectivity index (χ0v) is 14.1. The van der Waals surface area contributed by atoms with E-state index in [0.29, 0.717) is 0 Å². The van der Waals surface area contributed by atoms with Crippen LogP contribution in [0.1, 0.15) is 16.8 Å². The van der Waals surface area contributed by atoms with Crippen LogP contribution in [-0.2, 0) is 19.5 Å². The molecule has 0 unspecified atom stereocenters. The molecule has 24 heavy (non-hydrogen) atoms. The summed E-state index contributed by atoms with van der Waals surface area (Å²) in [5, 5.41) is 1.37. The molecular weight excluding hydrogens is 300 g/mol. The number of hydrogen-bond acceptors (Lipinski definition) is 3. The van der Waals surface area contributed by atoms with E-state index in [4.69, 9.17) is 9.47 Å². The average molecular weight is 322 g/mol. The number of benzene rings is 2. The molecule has 0 saturated carbocycles. The number of methoxy groups -OCH3 is 2. The summed E-state index contributed by atoms with van der Waals surface area (Å²) >= 11 is 0. The van der Waals surface area contributed by atoms with Gasteiger partial charge in [0.05, 0.1) is 14.2 Å². The second-order valence-electron chi connectivity index (χ2n) is 6.27. The minimum atomic E-state index is 0.856. The summed E-state index contributed by atoms with van der Waals surface area (Å²) in [4.78, 5) is 6.04. The Kier molecular flexibility index (Phi) is 3.90. The van der Waals surface area contributed by atoms with Gasteiger partial charge in [-0.3, -0.25) is 4.90 Å². The predicted molar refractivity (Wildman–Crippen MR) is 95.7 cm³/mol. The Morgan fingerprint density at radius 2 is 1.96 bits per heavy atom. The normalized spacial score (nSPS) is 14.6. The van der Waals surface area contributed by atoms with Crippen LogP contribution >= 0.6 is 0 Å². The van der Waals surface area contributed by atoms with Crippen LogP contribution in [0.5, 0.6) is 11.5 Å². The molecule has 2 aromatic carbocycles. The Morgan fingerprint density at radius 3 is 2.79 bits per heavy atom. The van der Waals surface area contributed by atoms with Crippen LogP contribution in [0.4, 0.5) is 0 Å². The maximum Gasteiger partial charge on any atom is 0.123 e. The van der Waals surface area contributed by atoms with E-state index < -0.39 is 0 Å². The largest absolute Gasteiger partial charge is 0.497 e. The summed E-state index contributed by atoms with van der Waals surface area (Å²) in [6.45, 7) is 2.84. The molecule has 0 atom stereocenters. The number of H-pyrrole nitrogens is 1. The number of ether oxygens (including phenoxy) is 2. The fourth-order valence-corrected chi connectivity index (χ4v) is 3.63. The summed E-state index contributed by atoms with van der Waals surface area (Å²) in [5.41, 5.74) is 5.21. The minimum Gasteiger partial charge on any atom is -0.497 e. The molecule has 1 N–H and O–H groups in total. The third kappa shape index (κ3) is 2.63. The van der Waals surface area contributed by atoms with Gasteiger partial charge in [0, 0.05) is 41.8 Å². The fourth-order valence-electron chi connectivity index (χ4n) is 3.63. The van der Waals surface area contributed by atoms with Gasteiger partial charge in [-0.05, 0) is 36.2 Å². The van der Waals surface area contributed by atoms with Gasteiger partial charge in [0.1, 0.15) is 11.5 Å². The van der Waals surface area contributed by atoms with Crippen molar-refractivity contribution in [3.63, 3.8) is 0 Å². The molecule has 0 saturated heterocycles. The SMILES string of the molecule is COc1ccc(OC)c(CN2CCc3c([nH]c4ccccc34)C2)c1. The molecule has 0 radical (unpaired) electrons. The van der Waals surface area contributed by atoms with E-state index in [-0.39, 0.29) is 0 Å². The Hall–Kier alpha value is -2.46. The van der Waals surface area contributed by atoms with Gasteiger partial charge in [0.2, 0.25) is 0 Å². The van der Waals surface area contributed by atoms with Gasteiger partial charge in [-0.2, -0.15) is 0 Å². The number of rotatable bonds is 4. The number of nitrogens with zero attached hydrogens (tertiary/aromatic N) is 1. The van der Waals surface area contributed by atoms with Gasteiger partial charge in [-0.1, -0.05) is 18.2 Å². The van der Waals surface area contributed by atoms with E-state index in [1.807, 2.05) is 12.1 Å². The van der Waals surface area contributed by atoms with Crippen molar-refractivity contribution in [3.8, 4) is 11.5 Å². The van der Waals surface area contributed by atoms with Crippen molar-refractivity contribution in [2.75, 3.05) is 20.8 Å². The van der Waals surface area contributed by atoms with Crippen molar-refractivity contribution in [2.45, 2.75) is 19.5 Å². The van der Waals surface area contributed by atoms with E-state index in [1.165, 1.54) is 22.2 Å². The van der Waals surface area contributed by atoms with E-state index in [9.17, 15) is 0 Å². The molecule has 0 amide bonds. The lowest BCUT2D eigenvalue weighted by atomic mass is 10.0. The molecule has 3 aromatic rings. The molecule has 0 bridgehead atoms. The van der Waals surface area contributed by atoms with Crippen LogP contribution in [0.3, 0.4) is 0 Å². The van der Waals surface area contributed by atoms with E-state index in [0.717, 1.165) is 43.1 Å². The number of aromatic amines is 1. The second kappa shape index (κ2) is 6.21. The van der Waals surface area contributed by atoms with Gasteiger partial charge in [-0.25, -0.2) is 0 Å². The number of aromatic nitrogens is 1. The summed E-state index contributed by atoms with van der Waals surface area (Å²) in [6, 6.07) is 14.6. The number of para-hydroxylation sites is 1. The van der Waals surface area contributed by atoms with Crippen molar-refractivity contribution >= 4 is 10.9 Å². The minimum absolute atomic E-state index is 0.856. The van der Waals surface area contributed by atoms with Crippen molar-refractivity contribution in [2.24, 2.45) is 0 Å². The number of hydrogen-bond donors (Lipinski definition) is 1. The lowest BCUT2D eigenvalue weighted by molar-refractivity contribution is 0.239. The van der Waals surface area contributed by atoms with Crippen molar-refractivity contribution < 1.29 is 9.47 Å². The van der Waals surface area contributed by atoms with Crippen LogP contribution < -0.4 is 9.47 Å². The van der Waals surface area contributed by atoms with Crippen LogP contribution in [0.15, 0.2) is 42.5 Å². The fraction of sp³-hybridized carbons (Fsp3) is 0.300. The first-order valence-corrected chi connectivity index (χ1v) is 8.30. The highest BCUT2D eigenvalue weighted by molar-refractivity contribution is 5.84. The van der Waals surface area contributed by atoms with Gasteiger partial charge in [-0.15, -0.1) is 0 Å². The Morgan fingerprint density at radius 1 is 1.08 bits per heavy atom. The topological polar surface area (TPSA) is 37.5 Å². The Balaban J connectivity index is 1.59. The summed E-state index contributed by atoms with van der Waals surface area (Å²) in [7, 11) is 3.42. The van der Waals surface area contributed by atoms with E-state index in [2.05, 4.69) is 40.2 Å². The van der Waals surface area contributed by atoms with E-state index in [1.54, 1.807) is 14.2 Å². The van der Waals surface area contributed by atoms with Crippen molar-refractivity contribution in [3.05, 3.63) is 59.3 Å². The molecule has 1 aliphatic rings. The predicted octanol–water partition coefficient (Wildman–Crippen LogP) is 3.74. The highest BCUT2D eigenvalue weighted by Crippen LogP contribution is 2.30. The van der Waals surface area contributed by atoms with Crippen LogP contribution in [0, 0.1) is 0 Å². The average Bonchev–Trinajstić information content (AvgIpc) is 2.99. The van der Waals surface area contributed by atoms with Crippen LogP contribution in [0.2, 0.25) is 0 Å². The quantitative estimate of drug-likeness (QED) is 0.795. The molecule has 4 heteroatoms. The molecular formula is C20H22N2O2. The van der Waals surface area contributed by atoms with Gasteiger partial charge < -0.3 is 14.5 Å². The molecule has 4 rings (SSSR count). The smallest absolute Gasteiger partial charge is 0.123 e. The molecule has 4 nitrogen and oxygen atoms in total. The molecule has 1 aliphatic heterocycles. The van der Waals surface area contributed by atoms with Crippen molar-refractivity contribution in [1.82, 2.24) is 9.88 Å². The number of nitrogens with one attached hydrogen (secondary N) is 1. The monoisotopic (exact) mass is 322 g/mol. The summed E-state index contributed by atoms with van der Waals surface area (Å²) in [6.07, 6.45) is 1.08. The first-order chi connectivity index (χ1) is 11.8. The molecule has 1 aromatic heterocycles. The number of fused-ring (bicyclic) bond motifs is 3. The van der Waals surface area contributed by atoms with Crippen LogP contribution in [-0.4, -0.2) is 30.6 Å². The van der Waals surface area contributed by atoms with Gasteiger partial charge in [0.25, 0.3) is 0 Å². The zero-order chi connectivity index (χ0) is 16.5. The lowest BCUT2D eigenvalue weighted by Gasteiger charge is -2.27. The zero-order valence-electron chi connectivity index (χ0n) is 14.1. The second-order valence-corrected chi connectivity index (χ2v) is 6.27. The maximum absolute atomic E-state index is 5.51. The Bertz CT molecular complexity index is 869. The van der Waals surface area contributed by atoms with Gasteiger partial charge >= 0.3 is 0 Å². The maximum atomic E-state index is 5.51. The van der Waals surface area contributed by atoms with E-state index >= 15 is 0 Å². The highest BCUT2D eigenvalue weighted by Gasteiger charge is 2.21. The molecule has 124 valence electrons. The molecule has 0 aliphatic carbocycles. The Labute approximate surface area is 142 Å². The summed E-state index contributed by atoms with van der Waals surface area (Å²) in [5.74, 6) is 1.78. The third-order valence-corrected chi connectivity index (χ3v) is 4.84. The molecule has 0 fully saturated rings. The summed E-state index contributed by atoms with van der Waals surface area (Å²) < 4.78 is 10.9. The molecule has 2 heterocycles.